The number of hydrogen-bond acceptors (Lipinski definition) is 2. The van der Waals surface area contributed by atoms with E-state index in [4.69, 9.17) is 5.73 Å². The average molecular weight is 226 g/mol. The summed E-state index contributed by atoms with van der Waals surface area (Å²) in [4.78, 5) is 0. The van der Waals surface area contributed by atoms with Crippen LogP contribution in [0.5, 0.6) is 0 Å². The summed E-state index contributed by atoms with van der Waals surface area (Å²) in [6.45, 7) is 2.61. The van der Waals surface area contributed by atoms with Gasteiger partial charge in [-0.3, -0.25) is 0 Å². The lowest BCUT2D eigenvalue weighted by molar-refractivity contribution is 0.745. The molecule has 1 aliphatic heterocycles. The number of nitrogens with one attached hydrogen (secondary N) is 1. The summed E-state index contributed by atoms with van der Waals surface area (Å²) in [5, 5.41) is 5.76. The summed E-state index contributed by atoms with van der Waals surface area (Å²) in [7, 11) is 0. The van der Waals surface area contributed by atoms with Gasteiger partial charge in [-0.05, 0) is 41.3 Å². The second-order valence-corrected chi connectivity index (χ2v) is 4.01. The molecule has 0 saturated carbocycles. The van der Waals surface area contributed by atoms with Crippen molar-refractivity contribution in [3.63, 3.8) is 0 Å². The predicted octanol–water partition coefficient (Wildman–Crippen LogP) is 0.940. The summed E-state index contributed by atoms with van der Waals surface area (Å²) in [5.41, 5.74) is 6.86. The van der Waals surface area contributed by atoms with E-state index in [0.717, 1.165) is 0 Å². The smallest absolute Gasteiger partial charge is 0.0695 e. The molecule has 0 spiro atoms. The van der Waals surface area contributed by atoms with Gasteiger partial charge in [0, 0.05) is 6.54 Å². The molecule has 2 rings (SSSR count). The van der Waals surface area contributed by atoms with E-state index in [1.165, 1.54) is 16.0 Å². The minimum atomic E-state index is 0.260. The average Bonchev–Trinajstić information content (AvgIpc) is 2.40. The SMILES string of the molecule is C/C=c1\ccc(C2C=CC=CN2)c\c1=C\CN. The predicted molar refractivity (Wildman–Crippen MR) is 73.5 cm³/mol. The highest BCUT2D eigenvalue weighted by Gasteiger charge is 2.06. The number of hydrogen-bond donors (Lipinski definition) is 2. The van der Waals surface area contributed by atoms with Crippen LogP contribution in [0, 0.1) is 0 Å². The van der Waals surface area contributed by atoms with Gasteiger partial charge in [0.15, 0.2) is 0 Å². The number of rotatable bonds is 2. The van der Waals surface area contributed by atoms with Crippen molar-refractivity contribution in [3.8, 4) is 0 Å². The van der Waals surface area contributed by atoms with Gasteiger partial charge in [0.05, 0.1) is 6.04 Å². The number of benzene rings is 1. The van der Waals surface area contributed by atoms with E-state index >= 15 is 0 Å². The minimum absolute atomic E-state index is 0.260. The van der Waals surface area contributed by atoms with Gasteiger partial charge >= 0.3 is 0 Å². The van der Waals surface area contributed by atoms with Gasteiger partial charge in [-0.15, -0.1) is 0 Å². The van der Waals surface area contributed by atoms with Crippen LogP contribution in [0.15, 0.2) is 42.6 Å². The molecular weight excluding hydrogens is 208 g/mol. The van der Waals surface area contributed by atoms with Crippen LogP contribution in [-0.2, 0) is 0 Å². The zero-order valence-electron chi connectivity index (χ0n) is 10.1. The fourth-order valence-corrected chi connectivity index (χ4v) is 2.01. The van der Waals surface area contributed by atoms with Crippen molar-refractivity contribution in [2.24, 2.45) is 5.73 Å². The van der Waals surface area contributed by atoms with Gasteiger partial charge in [0.25, 0.3) is 0 Å². The molecule has 1 aliphatic rings. The second kappa shape index (κ2) is 5.51. The molecule has 1 unspecified atom stereocenters. The molecule has 2 nitrogen and oxygen atoms in total. The van der Waals surface area contributed by atoms with E-state index in [1.807, 2.05) is 19.2 Å². The Morgan fingerprint density at radius 2 is 2.18 bits per heavy atom. The van der Waals surface area contributed by atoms with Crippen LogP contribution in [0.25, 0.3) is 12.2 Å². The van der Waals surface area contributed by atoms with Crippen LogP contribution in [-0.4, -0.2) is 6.54 Å². The highest BCUT2D eigenvalue weighted by Crippen LogP contribution is 2.13. The molecule has 1 atom stereocenters. The molecule has 0 bridgehead atoms. The van der Waals surface area contributed by atoms with Gasteiger partial charge in [-0.2, -0.15) is 0 Å². The summed E-state index contributed by atoms with van der Waals surface area (Å²) in [6, 6.07) is 6.76. The largest absolute Gasteiger partial charge is 0.381 e. The molecule has 0 saturated heterocycles. The maximum Gasteiger partial charge on any atom is 0.0695 e. The molecule has 2 heteroatoms. The lowest BCUT2D eigenvalue weighted by Gasteiger charge is -2.16. The van der Waals surface area contributed by atoms with Gasteiger partial charge in [0.2, 0.25) is 0 Å². The lowest BCUT2D eigenvalue weighted by Crippen LogP contribution is -2.27. The first kappa shape index (κ1) is 11.7. The van der Waals surface area contributed by atoms with Crippen molar-refractivity contribution in [2.45, 2.75) is 13.0 Å². The Morgan fingerprint density at radius 1 is 1.29 bits per heavy atom. The monoisotopic (exact) mass is 226 g/mol. The fourth-order valence-electron chi connectivity index (χ4n) is 2.01. The first-order valence-corrected chi connectivity index (χ1v) is 5.91. The van der Waals surface area contributed by atoms with Crippen LogP contribution < -0.4 is 21.5 Å². The molecule has 88 valence electrons. The normalized spacial score (nSPS) is 20.7. The zero-order chi connectivity index (χ0) is 12.1. The standard InChI is InChI=1S/C15H18N2/c1-2-12-6-7-14(11-13(12)8-9-16)15-5-3-4-10-17-15/h2-8,10-11,15,17H,9,16H2,1H3/b12-2+,13-8-. The lowest BCUT2D eigenvalue weighted by atomic mass is 10.0. The maximum absolute atomic E-state index is 5.60. The van der Waals surface area contributed by atoms with E-state index in [1.54, 1.807) is 0 Å². The van der Waals surface area contributed by atoms with Crippen LogP contribution in [0.4, 0.5) is 0 Å². The first-order valence-electron chi connectivity index (χ1n) is 5.91. The second-order valence-electron chi connectivity index (χ2n) is 4.01. The molecule has 0 aliphatic carbocycles. The number of nitrogens with two attached hydrogens (primary N) is 1. The summed E-state index contributed by atoms with van der Waals surface area (Å²) >= 11 is 0. The number of allylic oxidation sites excluding steroid dienone is 2. The Morgan fingerprint density at radius 3 is 2.82 bits per heavy atom. The van der Waals surface area contributed by atoms with Crippen LogP contribution in [0.3, 0.4) is 0 Å². The first-order chi connectivity index (χ1) is 8.35. The molecule has 0 radical (unpaired) electrons. The molecule has 1 aromatic carbocycles. The number of dihydropyridines is 1. The van der Waals surface area contributed by atoms with E-state index in [9.17, 15) is 0 Å². The van der Waals surface area contributed by atoms with Crippen molar-refractivity contribution in [3.05, 3.63) is 58.6 Å². The molecule has 17 heavy (non-hydrogen) atoms. The highest BCUT2D eigenvalue weighted by atomic mass is 14.9. The molecule has 0 aromatic heterocycles. The van der Waals surface area contributed by atoms with Crippen molar-refractivity contribution >= 4 is 12.2 Å². The van der Waals surface area contributed by atoms with Gasteiger partial charge in [0.1, 0.15) is 0 Å². The van der Waals surface area contributed by atoms with Gasteiger partial charge in [-0.25, -0.2) is 0 Å². The summed E-state index contributed by atoms with van der Waals surface area (Å²) in [5.74, 6) is 0. The molecule has 0 amide bonds. The van der Waals surface area contributed by atoms with Crippen LogP contribution in [0.2, 0.25) is 0 Å². The van der Waals surface area contributed by atoms with Gasteiger partial charge < -0.3 is 11.1 Å². The Kier molecular flexibility index (Phi) is 3.78. The Hall–Kier alpha value is -1.80. The Labute approximate surface area is 102 Å². The van der Waals surface area contributed by atoms with Gasteiger partial charge in [-0.1, -0.05) is 36.4 Å². The Balaban J connectivity index is 2.44. The third-order valence-corrected chi connectivity index (χ3v) is 2.91. The van der Waals surface area contributed by atoms with Crippen molar-refractivity contribution < 1.29 is 0 Å². The molecule has 1 aromatic rings. The molecule has 0 fully saturated rings. The maximum atomic E-state index is 5.60. The molecule has 1 heterocycles. The molecule has 3 N–H and O–H groups in total. The fraction of sp³-hybridized carbons (Fsp3) is 0.200. The highest BCUT2D eigenvalue weighted by molar-refractivity contribution is 5.36. The van der Waals surface area contributed by atoms with Crippen molar-refractivity contribution in [2.75, 3.05) is 6.54 Å². The Bertz CT molecular complexity index is 553. The third-order valence-electron chi connectivity index (χ3n) is 2.91. The third kappa shape index (κ3) is 2.66. The summed E-state index contributed by atoms with van der Waals surface area (Å²) < 4.78 is 0. The zero-order valence-corrected chi connectivity index (χ0v) is 10.1. The topological polar surface area (TPSA) is 38.0 Å². The van der Waals surface area contributed by atoms with Crippen molar-refractivity contribution in [1.29, 1.82) is 0 Å². The van der Waals surface area contributed by atoms with Crippen LogP contribution >= 0.6 is 0 Å². The van der Waals surface area contributed by atoms with E-state index in [-0.39, 0.29) is 6.04 Å². The van der Waals surface area contributed by atoms with E-state index in [2.05, 4.69) is 47.8 Å². The van der Waals surface area contributed by atoms with E-state index in [0.29, 0.717) is 6.54 Å². The van der Waals surface area contributed by atoms with E-state index < -0.39 is 0 Å². The van der Waals surface area contributed by atoms with Crippen molar-refractivity contribution in [1.82, 2.24) is 5.32 Å². The molecular formula is C15H18N2. The quantitative estimate of drug-likeness (QED) is 0.787. The minimum Gasteiger partial charge on any atom is -0.381 e. The summed E-state index contributed by atoms with van der Waals surface area (Å²) in [6.07, 6.45) is 12.3. The van der Waals surface area contributed by atoms with Crippen LogP contribution in [0.1, 0.15) is 18.5 Å².